The van der Waals surface area contributed by atoms with Crippen LogP contribution in [0.4, 0.5) is 0 Å². The van der Waals surface area contributed by atoms with Crippen molar-refractivity contribution < 1.29 is 4.79 Å². The van der Waals surface area contributed by atoms with Gasteiger partial charge in [-0.05, 0) is 43.9 Å². The minimum atomic E-state index is 0.326. The van der Waals surface area contributed by atoms with E-state index in [9.17, 15) is 4.79 Å². The summed E-state index contributed by atoms with van der Waals surface area (Å²) in [5.41, 5.74) is 0. The second kappa shape index (κ2) is 3.92. The molecule has 2 aliphatic carbocycles. The standard InChI is InChI=1S/C12H21NO/c1-8(2)5-9-6-10(7-9)12(14)13-11-3-4-11/h8-11H,3-7H2,1-2H3,(H,13,14)/t9-,10+. The van der Waals surface area contributed by atoms with Crippen LogP contribution in [-0.2, 0) is 4.79 Å². The van der Waals surface area contributed by atoms with Gasteiger partial charge in [-0.2, -0.15) is 0 Å². The Bertz CT molecular complexity index is 214. The van der Waals surface area contributed by atoms with Gasteiger partial charge in [0.25, 0.3) is 0 Å². The highest BCUT2D eigenvalue weighted by atomic mass is 16.2. The zero-order valence-corrected chi connectivity index (χ0v) is 9.25. The summed E-state index contributed by atoms with van der Waals surface area (Å²) in [5, 5.41) is 3.09. The van der Waals surface area contributed by atoms with Gasteiger partial charge in [0.05, 0.1) is 0 Å². The van der Waals surface area contributed by atoms with E-state index in [0.717, 1.165) is 24.7 Å². The smallest absolute Gasteiger partial charge is 0.223 e. The summed E-state index contributed by atoms with van der Waals surface area (Å²) in [4.78, 5) is 11.6. The summed E-state index contributed by atoms with van der Waals surface area (Å²) in [6.07, 6.45) is 5.97. The summed E-state index contributed by atoms with van der Waals surface area (Å²) in [5.74, 6) is 2.28. The van der Waals surface area contributed by atoms with Crippen molar-refractivity contribution >= 4 is 5.91 Å². The van der Waals surface area contributed by atoms with Crippen molar-refractivity contribution in [2.24, 2.45) is 17.8 Å². The summed E-state index contributed by atoms with van der Waals surface area (Å²) in [6, 6.07) is 0.534. The molecular formula is C12H21NO. The molecule has 0 aromatic rings. The third kappa shape index (κ3) is 2.49. The Morgan fingerprint density at radius 3 is 2.50 bits per heavy atom. The van der Waals surface area contributed by atoms with E-state index in [1.165, 1.54) is 19.3 Å². The van der Waals surface area contributed by atoms with Gasteiger partial charge in [-0.1, -0.05) is 13.8 Å². The summed E-state index contributed by atoms with van der Waals surface area (Å²) >= 11 is 0. The molecule has 2 fully saturated rings. The molecule has 0 atom stereocenters. The first-order valence-electron chi connectivity index (χ1n) is 5.95. The quantitative estimate of drug-likeness (QED) is 0.733. The van der Waals surface area contributed by atoms with Crippen molar-refractivity contribution in [2.75, 3.05) is 0 Å². The number of hydrogen-bond acceptors (Lipinski definition) is 1. The van der Waals surface area contributed by atoms with Crippen molar-refractivity contribution in [3.8, 4) is 0 Å². The van der Waals surface area contributed by atoms with Crippen molar-refractivity contribution in [3.05, 3.63) is 0 Å². The van der Waals surface area contributed by atoms with E-state index in [2.05, 4.69) is 19.2 Å². The van der Waals surface area contributed by atoms with E-state index in [1.54, 1.807) is 0 Å². The number of carbonyl (C=O) groups excluding carboxylic acids is 1. The molecule has 0 aliphatic heterocycles. The number of carbonyl (C=O) groups is 1. The first kappa shape index (κ1) is 10.0. The molecule has 2 nitrogen and oxygen atoms in total. The highest BCUT2D eigenvalue weighted by Gasteiger charge is 2.36. The molecule has 2 heteroatoms. The number of amides is 1. The van der Waals surface area contributed by atoms with Crippen LogP contribution in [0.5, 0.6) is 0 Å². The topological polar surface area (TPSA) is 29.1 Å². The molecule has 0 unspecified atom stereocenters. The van der Waals surface area contributed by atoms with Crippen LogP contribution < -0.4 is 5.32 Å². The zero-order valence-electron chi connectivity index (χ0n) is 9.25. The van der Waals surface area contributed by atoms with Gasteiger partial charge in [-0.15, -0.1) is 0 Å². The Morgan fingerprint density at radius 1 is 1.36 bits per heavy atom. The predicted octanol–water partition coefficient (Wildman–Crippen LogP) is 2.34. The van der Waals surface area contributed by atoms with E-state index in [0.29, 0.717) is 17.9 Å². The predicted molar refractivity (Wildman–Crippen MR) is 56.8 cm³/mol. The zero-order chi connectivity index (χ0) is 10.1. The molecule has 2 aliphatic rings. The third-order valence-corrected chi connectivity index (χ3v) is 3.33. The Morgan fingerprint density at radius 2 is 2.00 bits per heavy atom. The largest absolute Gasteiger partial charge is 0.353 e. The van der Waals surface area contributed by atoms with Gasteiger partial charge in [-0.25, -0.2) is 0 Å². The monoisotopic (exact) mass is 195 g/mol. The number of hydrogen-bond donors (Lipinski definition) is 1. The summed E-state index contributed by atoms with van der Waals surface area (Å²) < 4.78 is 0. The van der Waals surface area contributed by atoms with Crippen LogP contribution in [-0.4, -0.2) is 11.9 Å². The van der Waals surface area contributed by atoms with Crippen LogP contribution in [0, 0.1) is 17.8 Å². The van der Waals surface area contributed by atoms with E-state index in [4.69, 9.17) is 0 Å². The second-order valence-corrected chi connectivity index (χ2v) is 5.45. The summed E-state index contributed by atoms with van der Waals surface area (Å²) in [6.45, 7) is 4.52. The van der Waals surface area contributed by atoms with Gasteiger partial charge in [0.15, 0.2) is 0 Å². The van der Waals surface area contributed by atoms with E-state index in [1.807, 2.05) is 0 Å². The lowest BCUT2D eigenvalue weighted by Crippen LogP contribution is -2.40. The summed E-state index contributed by atoms with van der Waals surface area (Å²) in [7, 11) is 0. The second-order valence-electron chi connectivity index (χ2n) is 5.45. The molecule has 2 rings (SSSR count). The normalized spacial score (nSPS) is 31.4. The fourth-order valence-electron chi connectivity index (χ4n) is 2.36. The van der Waals surface area contributed by atoms with Gasteiger partial charge < -0.3 is 5.32 Å². The number of nitrogens with one attached hydrogen (secondary N) is 1. The molecule has 0 aromatic heterocycles. The Hall–Kier alpha value is -0.530. The van der Waals surface area contributed by atoms with Crippen LogP contribution in [0.2, 0.25) is 0 Å². The molecule has 0 radical (unpaired) electrons. The number of rotatable bonds is 4. The molecule has 0 heterocycles. The molecule has 0 spiro atoms. The molecule has 2 saturated carbocycles. The first-order valence-corrected chi connectivity index (χ1v) is 5.95. The van der Waals surface area contributed by atoms with Gasteiger partial charge in [0.1, 0.15) is 0 Å². The molecule has 0 bridgehead atoms. The maximum atomic E-state index is 11.6. The van der Waals surface area contributed by atoms with Crippen LogP contribution >= 0.6 is 0 Å². The van der Waals surface area contributed by atoms with Crippen LogP contribution in [0.15, 0.2) is 0 Å². The maximum Gasteiger partial charge on any atom is 0.223 e. The van der Waals surface area contributed by atoms with E-state index >= 15 is 0 Å². The molecule has 1 N–H and O–H groups in total. The van der Waals surface area contributed by atoms with Gasteiger partial charge >= 0.3 is 0 Å². The fraction of sp³-hybridized carbons (Fsp3) is 0.917. The fourth-order valence-corrected chi connectivity index (χ4v) is 2.36. The van der Waals surface area contributed by atoms with Gasteiger partial charge in [0.2, 0.25) is 5.91 Å². The average molecular weight is 195 g/mol. The highest BCUT2D eigenvalue weighted by Crippen LogP contribution is 2.38. The SMILES string of the molecule is CC(C)C[C@H]1C[C@@H](C(=O)NC2CC2)C1. The van der Waals surface area contributed by atoms with Crippen molar-refractivity contribution in [2.45, 2.75) is 52.0 Å². The van der Waals surface area contributed by atoms with Crippen LogP contribution in [0.3, 0.4) is 0 Å². The first-order chi connectivity index (χ1) is 6.65. The molecule has 14 heavy (non-hydrogen) atoms. The lowest BCUT2D eigenvalue weighted by molar-refractivity contribution is -0.129. The van der Waals surface area contributed by atoms with Crippen LogP contribution in [0.25, 0.3) is 0 Å². The molecule has 0 saturated heterocycles. The van der Waals surface area contributed by atoms with Gasteiger partial charge in [0, 0.05) is 12.0 Å². The van der Waals surface area contributed by atoms with Crippen molar-refractivity contribution in [1.29, 1.82) is 0 Å². The maximum absolute atomic E-state index is 11.6. The van der Waals surface area contributed by atoms with Gasteiger partial charge in [-0.3, -0.25) is 4.79 Å². The molecule has 1 amide bonds. The van der Waals surface area contributed by atoms with E-state index in [-0.39, 0.29) is 0 Å². The average Bonchev–Trinajstić information content (AvgIpc) is 2.78. The minimum Gasteiger partial charge on any atom is -0.353 e. The lowest BCUT2D eigenvalue weighted by Gasteiger charge is -2.35. The Labute approximate surface area is 86.5 Å². The van der Waals surface area contributed by atoms with E-state index < -0.39 is 0 Å². The van der Waals surface area contributed by atoms with Crippen molar-refractivity contribution in [3.63, 3.8) is 0 Å². The Kier molecular flexibility index (Phi) is 2.80. The molecular weight excluding hydrogens is 174 g/mol. The highest BCUT2D eigenvalue weighted by molar-refractivity contribution is 5.80. The molecule has 80 valence electrons. The Balaban J connectivity index is 1.63. The lowest BCUT2D eigenvalue weighted by atomic mass is 9.71. The van der Waals surface area contributed by atoms with Crippen LogP contribution in [0.1, 0.15) is 46.0 Å². The minimum absolute atomic E-state index is 0.326. The third-order valence-electron chi connectivity index (χ3n) is 3.33. The van der Waals surface area contributed by atoms with Crippen molar-refractivity contribution in [1.82, 2.24) is 5.32 Å². The molecule has 0 aromatic carbocycles.